The third-order valence-electron chi connectivity index (χ3n) is 2.69. The second-order valence-electron chi connectivity index (χ2n) is 4.02. The van der Waals surface area contributed by atoms with E-state index >= 15 is 0 Å². The van der Waals surface area contributed by atoms with Gasteiger partial charge < -0.3 is 19.9 Å². The van der Waals surface area contributed by atoms with Crippen molar-refractivity contribution in [3.05, 3.63) is 23.8 Å². The lowest BCUT2D eigenvalue weighted by molar-refractivity contribution is -0.143. The standard InChI is InChI=1S/C13H17NO4.ClH/c1-2-16-13(15)8-10(14)9-3-4-11-12(7-9)18-6-5-17-11;/h3-4,7,10H,2,5-6,8,14H2,1H3;1H/t10-;/m1./s1. The van der Waals surface area contributed by atoms with E-state index in [2.05, 4.69) is 0 Å². The molecule has 2 rings (SSSR count). The summed E-state index contributed by atoms with van der Waals surface area (Å²) in [6, 6.07) is 5.09. The van der Waals surface area contributed by atoms with Gasteiger partial charge in [0.1, 0.15) is 13.2 Å². The molecule has 0 fully saturated rings. The van der Waals surface area contributed by atoms with Gasteiger partial charge in [-0.1, -0.05) is 6.07 Å². The average Bonchev–Trinajstić information content (AvgIpc) is 2.38. The fourth-order valence-electron chi connectivity index (χ4n) is 1.81. The number of carbonyl (C=O) groups is 1. The van der Waals surface area contributed by atoms with E-state index in [4.69, 9.17) is 19.9 Å². The highest BCUT2D eigenvalue weighted by molar-refractivity contribution is 5.85. The molecule has 19 heavy (non-hydrogen) atoms. The van der Waals surface area contributed by atoms with Crippen LogP contribution in [0.15, 0.2) is 18.2 Å². The molecule has 0 spiro atoms. The van der Waals surface area contributed by atoms with Crippen molar-refractivity contribution in [2.75, 3.05) is 19.8 Å². The SMILES string of the molecule is CCOC(=O)C[C@@H](N)c1ccc2c(c1)OCCO2.Cl. The van der Waals surface area contributed by atoms with Gasteiger partial charge in [-0.25, -0.2) is 0 Å². The average molecular weight is 288 g/mol. The smallest absolute Gasteiger partial charge is 0.307 e. The molecule has 0 amide bonds. The summed E-state index contributed by atoms with van der Waals surface area (Å²) in [7, 11) is 0. The van der Waals surface area contributed by atoms with Crippen molar-refractivity contribution >= 4 is 18.4 Å². The number of carbonyl (C=O) groups excluding carboxylic acids is 1. The predicted octanol–water partition coefficient (Wildman–Crippen LogP) is 1.83. The Balaban J connectivity index is 0.00000180. The maximum atomic E-state index is 11.4. The molecule has 1 aromatic rings. The second kappa shape index (κ2) is 7.21. The molecule has 1 aliphatic heterocycles. The number of esters is 1. The highest BCUT2D eigenvalue weighted by Crippen LogP contribution is 2.32. The van der Waals surface area contributed by atoms with Crippen molar-refractivity contribution in [3.8, 4) is 11.5 Å². The molecule has 0 aromatic heterocycles. The Bertz CT molecular complexity index is 439. The summed E-state index contributed by atoms with van der Waals surface area (Å²) in [5.41, 5.74) is 6.80. The summed E-state index contributed by atoms with van der Waals surface area (Å²) in [5, 5.41) is 0. The topological polar surface area (TPSA) is 70.8 Å². The van der Waals surface area contributed by atoms with E-state index in [-0.39, 0.29) is 30.8 Å². The minimum atomic E-state index is -0.389. The van der Waals surface area contributed by atoms with Gasteiger partial charge in [-0.2, -0.15) is 0 Å². The van der Waals surface area contributed by atoms with Gasteiger partial charge in [0.25, 0.3) is 0 Å². The highest BCUT2D eigenvalue weighted by Gasteiger charge is 2.17. The Morgan fingerprint density at radius 2 is 2.05 bits per heavy atom. The summed E-state index contributed by atoms with van der Waals surface area (Å²) >= 11 is 0. The van der Waals surface area contributed by atoms with E-state index in [1.54, 1.807) is 6.92 Å². The molecule has 1 aromatic carbocycles. The first-order valence-electron chi connectivity index (χ1n) is 6.01. The van der Waals surface area contributed by atoms with Crippen molar-refractivity contribution in [2.45, 2.75) is 19.4 Å². The van der Waals surface area contributed by atoms with Crippen molar-refractivity contribution in [2.24, 2.45) is 5.73 Å². The first-order valence-corrected chi connectivity index (χ1v) is 6.01. The molecule has 1 aliphatic rings. The number of nitrogens with two attached hydrogens (primary N) is 1. The van der Waals surface area contributed by atoms with Crippen LogP contribution in [0.25, 0.3) is 0 Å². The normalized spacial score (nSPS) is 14.2. The molecule has 106 valence electrons. The molecule has 0 bridgehead atoms. The van der Waals surface area contributed by atoms with Crippen LogP contribution in [0.4, 0.5) is 0 Å². The summed E-state index contributed by atoms with van der Waals surface area (Å²) < 4.78 is 15.8. The monoisotopic (exact) mass is 287 g/mol. The molecule has 0 radical (unpaired) electrons. The van der Waals surface area contributed by atoms with Gasteiger partial charge in [-0.15, -0.1) is 12.4 Å². The molecule has 1 heterocycles. The third kappa shape index (κ3) is 4.01. The maximum Gasteiger partial charge on any atom is 0.307 e. The molecular formula is C13H18ClNO4. The predicted molar refractivity (Wildman–Crippen MR) is 72.9 cm³/mol. The van der Waals surface area contributed by atoms with Crippen LogP contribution in [0.1, 0.15) is 24.9 Å². The first kappa shape index (κ1) is 15.6. The molecule has 5 nitrogen and oxygen atoms in total. The van der Waals surface area contributed by atoms with E-state index in [0.717, 1.165) is 5.56 Å². The zero-order valence-electron chi connectivity index (χ0n) is 10.8. The van der Waals surface area contributed by atoms with Gasteiger partial charge in [0.15, 0.2) is 11.5 Å². The number of rotatable bonds is 4. The molecule has 1 atom stereocenters. The fraction of sp³-hybridized carbons (Fsp3) is 0.462. The number of ether oxygens (including phenoxy) is 3. The number of benzene rings is 1. The lowest BCUT2D eigenvalue weighted by atomic mass is 10.0. The van der Waals surface area contributed by atoms with Crippen LogP contribution < -0.4 is 15.2 Å². The van der Waals surface area contributed by atoms with Gasteiger partial charge in [-0.05, 0) is 24.6 Å². The molecular weight excluding hydrogens is 270 g/mol. The maximum absolute atomic E-state index is 11.4. The lowest BCUT2D eigenvalue weighted by Gasteiger charge is -2.20. The van der Waals surface area contributed by atoms with Crippen LogP contribution in [-0.4, -0.2) is 25.8 Å². The van der Waals surface area contributed by atoms with E-state index in [1.807, 2.05) is 18.2 Å². The van der Waals surface area contributed by atoms with Gasteiger partial charge in [0.05, 0.1) is 13.0 Å². The Labute approximate surface area is 118 Å². The van der Waals surface area contributed by atoms with Crippen LogP contribution in [0.3, 0.4) is 0 Å². The van der Waals surface area contributed by atoms with Gasteiger partial charge in [-0.3, -0.25) is 4.79 Å². The lowest BCUT2D eigenvalue weighted by Crippen LogP contribution is -2.19. The van der Waals surface area contributed by atoms with Crippen LogP contribution in [-0.2, 0) is 9.53 Å². The largest absolute Gasteiger partial charge is 0.486 e. The molecule has 0 saturated heterocycles. The quantitative estimate of drug-likeness (QED) is 0.856. The summed E-state index contributed by atoms with van der Waals surface area (Å²) in [5.74, 6) is 1.10. The van der Waals surface area contributed by atoms with E-state index < -0.39 is 0 Å². The summed E-state index contributed by atoms with van der Waals surface area (Å²) in [6.07, 6.45) is 0.160. The number of halogens is 1. The van der Waals surface area contributed by atoms with Crippen molar-refractivity contribution in [1.29, 1.82) is 0 Å². The third-order valence-corrected chi connectivity index (χ3v) is 2.69. The number of fused-ring (bicyclic) bond motifs is 1. The zero-order valence-corrected chi connectivity index (χ0v) is 11.6. The Hall–Kier alpha value is -1.46. The van der Waals surface area contributed by atoms with E-state index in [1.165, 1.54) is 0 Å². The zero-order chi connectivity index (χ0) is 13.0. The Morgan fingerprint density at radius 1 is 1.37 bits per heavy atom. The summed E-state index contributed by atoms with van der Waals surface area (Å²) in [4.78, 5) is 11.4. The fourth-order valence-corrected chi connectivity index (χ4v) is 1.81. The number of hydrogen-bond donors (Lipinski definition) is 1. The van der Waals surface area contributed by atoms with E-state index in [9.17, 15) is 4.79 Å². The van der Waals surface area contributed by atoms with Gasteiger partial charge >= 0.3 is 5.97 Å². The Morgan fingerprint density at radius 3 is 2.74 bits per heavy atom. The van der Waals surface area contributed by atoms with Crippen molar-refractivity contribution in [1.82, 2.24) is 0 Å². The first-order chi connectivity index (χ1) is 8.70. The molecule has 6 heteroatoms. The Kier molecular flexibility index (Phi) is 5.92. The summed E-state index contributed by atoms with van der Waals surface area (Å²) in [6.45, 7) is 3.23. The van der Waals surface area contributed by atoms with Crippen LogP contribution >= 0.6 is 12.4 Å². The number of hydrogen-bond acceptors (Lipinski definition) is 5. The van der Waals surface area contributed by atoms with Gasteiger partial charge in [0.2, 0.25) is 0 Å². The highest BCUT2D eigenvalue weighted by atomic mass is 35.5. The minimum Gasteiger partial charge on any atom is -0.486 e. The second-order valence-corrected chi connectivity index (χ2v) is 4.02. The molecule has 0 aliphatic carbocycles. The van der Waals surface area contributed by atoms with E-state index in [0.29, 0.717) is 31.3 Å². The van der Waals surface area contributed by atoms with Crippen LogP contribution in [0.5, 0.6) is 11.5 Å². The van der Waals surface area contributed by atoms with Crippen LogP contribution in [0, 0.1) is 0 Å². The minimum absolute atomic E-state index is 0. The molecule has 2 N–H and O–H groups in total. The van der Waals surface area contributed by atoms with Crippen LogP contribution in [0.2, 0.25) is 0 Å². The molecule has 0 saturated carbocycles. The van der Waals surface area contributed by atoms with Gasteiger partial charge in [0, 0.05) is 6.04 Å². The van der Waals surface area contributed by atoms with Crippen molar-refractivity contribution < 1.29 is 19.0 Å². The van der Waals surface area contributed by atoms with Crippen molar-refractivity contribution in [3.63, 3.8) is 0 Å². The molecule has 0 unspecified atom stereocenters.